The van der Waals surface area contributed by atoms with E-state index >= 15 is 0 Å². The van der Waals surface area contributed by atoms with E-state index in [1.165, 1.54) is 6.07 Å². The van der Waals surface area contributed by atoms with E-state index in [1.807, 2.05) is 25.1 Å². The molecule has 2 N–H and O–H groups in total. The summed E-state index contributed by atoms with van der Waals surface area (Å²) < 4.78 is 10.9. The molecule has 2 aromatic carbocycles. The van der Waals surface area contributed by atoms with Gasteiger partial charge in [-0.05, 0) is 31.2 Å². The van der Waals surface area contributed by atoms with Crippen molar-refractivity contribution in [1.82, 2.24) is 0 Å². The summed E-state index contributed by atoms with van der Waals surface area (Å²) in [6.07, 6.45) is 1.89. The average Bonchev–Trinajstić information content (AvgIpc) is 3.22. The van der Waals surface area contributed by atoms with Crippen LogP contribution in [0.5, 0.6) is 11.5 Å². The number of nitro benzene ring substituents is 1. The second-order valence-electron chi connectivity index (χ2n) is 7.11. The number of likely N-dealkylation sites (tertiary alicyclic amines) is 1. The molecule has 8 heteroatoms. The average molecular weight is 400 g/mol. The Morgan fingerprint density at radius 1 is 1.24 bits per heavy atom. The molecule has 1 aliphatic rings. The van der Waals surface area contributed by atoms with Gasteiger partial charge >= 0.3 is 0 Å². The van der Waals surface area contributed by atoms with Gasteiger partial charge in [-0.3, -0.25) is 14.9 Å². The van der Waals surface area contributed by atoms with Crippen LogP contribution >= 0.6 is 0 Å². The number of amides is 1. The summed E-state index contributed by atoms with van der Waals surface area (Å²) in [6, 6.07) is 11.5. The fourth-order valence-electron chi connectivity index (χ4n) is 4.00. The second kappa shape index (κ2) is 8.91. The number of rotatable bonds is 7. The number of benzene rings is 2. The first-order valence-electron chi connectivity index (χ1n) is 9.58. The Morgan fingerprint density at radius 2 is 2.00 bits per heavy atom. The third-order valence-corrected chi connectivity index (χ3v) is 5.53. The molecule has 2 aromatic rings. The van der Waals surface area contributed by atoms with Crippen molar-refractivity contribution in [2.24, 2.45) is 0 Å². The summed E-state index contributed by atoms with van der Waals surface area (Å²) in [7, 11) is 3.25. The fraction of sp³-hybridized carbons (Fsp3) is 0.381. The summed E-state index contributed by atoms with van der Waals surface area (Å²) in [6.45, 7) is 2.68. The minimum atomic E-state index is -0.493. The Labute approximate surface area is 169 Å². The lowest BCUT2D eigenvalue weighted by Crippen LogP contribution is -3.15. The van der Waals surface area contributed by atoms with Gasteiger partial charge in [0, 0.05) is 18.9 Å². The number of carbonyl (C=O) groups excluding carboxylic acids is 1. The Kier molecular flexibility index (Phi) is 6.33. The number of para-hydroxylation sites is 2. The molecule has 29 heavy (non-hydrogen) atoms. The molecule has 1 amide bonds. The number of anilines is 1. The highest BCUT2D eigenvalue weighted by Gasteiger charge is 2.39. The van der Waals surface area contributed by atoms with Crippen molar-refractivity contribution in [3.05, 3.63) is 58.1 Å². The van der Waals surface area contributed by atoms with Crippen molar-refractivity contribution in [1.29, 1.82) is 0 Å². The third-order valence-electron chi connectivity index (χ3n) is 5.53. The van der Waals surface area contributed by atoms with E-state index in [1.54, 1.807) is 32.4 Å². The maximum atomic E-state index is 12.9. The molecule has 0 aromatic heterocycles. The first-order chi connectivity index (χ1) is 14.0. The molecule has 1 heterocycles. The Bertz CT molecular complexity index is 902. The number of hydrogen-bond acceptors (Lipinski definition) is 5. The molecule has 1 saturated heterocycles. The van der Waals surface area contributed by atoms with E-state index in [0.29, 0.717) is 0 Å². The van der Waals surface area contributed by atoms with Gasteiger partial charge in [-0.15, -0.1) is 0 Å². The maximum Gasteiger partial charge on any atom is 0.292 e. The van der Waals surface area contributed by atoms with E-state index in [-0.39, 0.29) is 23.3 Å². The zero-order valence-electron chi connectivity index (χ0n) is 16.8. The maximum absolute atomic E-state index is 12.9. The molecular formula is C21H26N3O5+. The highest BCUT2D eigenvalue weighted by Crippen LogP contribution is 2.32. The molecule has 0 spiro atoms. The van der Waals surface area contributed by atoms with Gasteiger partial charge in [-0.2, -0.15) is 0 Å². The van der Waals surface area contributed by atoms with E-state index in [4.69, 9.17) is 9.47 Å². The number of quaternary nitrogens is 1. The van der Waals surface area contributed by atoms with Crippen LogP contribution in [0.4, 0.5) is 11.4 Å². The van der Waals surface area contributed by atoms with E-state index in [0.717, 1.165) is 41.3 Å². The molecule has 1 unspecified atom stereocenters. The lowest BCUT2D eigenvalue weighted by molar-refractivity contribution is -0.932. The second-order valence-corrected chi connectivity index (χ2v) is 7.11. The summed E-state index contributed by atoms with van der Waals surface area (Å²) in [5.41, 5.74) is 1.10. The zero-order chi connectivity index (χ0) is 21.0. The minimum Gasteiger partial charge on any atom is -0.497 e. The van der Waals surface area contributed by atoms with Crippen molar-refractivity contribution in [3.63, 3.8) is 0 Å². The molecule has 1 aliphatic heterocycles. The largest absolute Gasteiger partial charge is 0.497 e. The van der Waals surface area contributed by atoms with Crippen molar-refractivity contribution in [2.75, 3.05) is 26.1 Å². The van der Waals surface area contributed by atoms with Gasteiger partial charge in [0.05, 0.1) is 31.3 Å². The Balaban J connectivity index is 1.83. The first kappa shape index (κ1) is 20.6. The predicted octanol–water partition coefficient (Wildman–Crippen LogP) is 2.36. The van der Waals surface area contributed by atoms with Crippen LogP contribution in [0.1, 0.15) is 31.4 Å². The van der Waals surface area contributed by atoms with Crippen molar-refractivity contribution >= 4 is 17.3 Å². The van der Waals surface area contributed by atoms with Crippen molar-refractivity contribution in [3.8, 4) is 11.5 Å². The fourth-order valence-corrected chi connectivity index (χ4v) is 4.00. The van der Waals surface area contributed by atoms with Gasteiger partial charge in [0.25, 0.3) is 11.6 Å². The molecule has 3 rings (SSSR count). The number of hydrogen-bond donors (Lipinski definition) is 2. The Morgan fingerprint density at radius 3 is 2.69 bits per heavy atom. The van der Waals surface area contributed by atoms with Gasteiger partial charge in [0.1, 0.15) is 23.2 Å². The molecular weight excluding hydrogens is 374 g/mol. The standard InChI is InChI=1S/C21H25N3O5/c1-14(21(25)22-17-7-4-5-8-19(17)24(26)27)23-12-6-9-18(23)16-13-15(28-2)10-11-20(16)29-3/h4-5,7-8,10-11,13-14,18H,6,9,12H2,1-3H3,(H,22,25)/p+1/t14-,18-/m1/s1. The van der Waals surface area contributed by atoms with Crippen LogP contribution in [0.15, 0.2) is 42.5 Å². The van der Waals surface area contributed by atoms with Crippen LogP contribution in [-0.2, 0) is 4.79 Å². The third kappa shape index (κ3) is 4.32. The smallest absolute Gasteiger partial charge is 0.292 e. The molecule has 3 atom stereocenters. The summed E-state index contributed by atoms with van der Waals surface area (Å²) in [5.74, 6) is 1.26. The van der Waals surface area contributed by atoms with Gasteiger partial charge < -0.3 is 19.7 Å². The zero-order valence-corrected chi connectivity index (χ0v) is 16.8. The molecule has 0 radical (unpaired) electrons. The van der Waals surface area contributed by atoms with Crippen molar-refractivity contribution < 1.29 is 24.1 Å². The normalized spacial score (nSPS) is 19.4. The predicted molar refractivity (Wildman–Crippen MR) is 109 cm³/mol. The number of nitrogens with one attached hydrogen (secondary N) is 2. The monoisotopic (exact) mass is 400 g/mol. The summed E-state index contributed by atoms with van der Waals surface area (Å²) in [4.78, 5) is 24.7. The minimum absolute atomic E-state index is 0.0755. The lowest BCUT2D eigenvalue weighted by Gasteiger charge is -2.28. The number of methoxy groups -OCH3 is 2. The van der Waals surface area contributed by atoms with Gasteiger partial charge in [-0.25, -0.2) is 0 Å². The Hall–Kier alpha value is -3.13. The molecule has 0 bridgehead atoms. The van der Waals surface area contributed by atoms with Crippen LogP contribution in [0.2, 0.25) is 0 Å². The highest BCUT2D eigenvalue weighted by atomic mass is 16.6. The van der Waals surface area contributed by atoms with Crippen LogP contribution in [0.25, 0.3) is 0 Å². The molecule has 0 saturated carbocycles. The van der Waals surface area contributed by atoms with E-state index in [9.17, 15) is 14.9 Å². The molecule has 8 nitrogen and oxygen atoms in total. The van der Waals surface area contributed by atoms with Crippen LogP contribution in [0.3, 0.4) is 0 Å². The lowest BCUT2D eigenvalue weighted by atomic mass is 10.0. The number of nitro groups is 1. The van der Waals surface area contributed by atoms with Gasteiger partial charge in [0.2, 0.25) is 0 Å². The summed E-state index contributed by atoms with van der Waals surface area (Å²) in [5, 5.41) is 14.0. The molecule has 154 valence electrons. The van der Waals surface area contributed by atoms with Crippen molar-refractivity contribution in [2.45, 2.75) is 31.8 Å². The van der Waals surface area contributed by atoms with Crippen LogP contribution in [-0.4, -0.2) is 37.6 Å². The first-order valence-corrected chi connectivity index (χ1v) is 9.58. The SMILES string of the molecule is COc1ccc(OC)c([C@H]2CCC[NH+]2[C@H](C)C(=O)Nc2ccccc2[N+](=O)[O-])c1. The van der Waals surface area contributed by atoms with Crippen LogP contribution < -0.4 is 19.7 Å². The summed E-state index contributed by atoms with van der Waals surface area (Å²) >= 11 is 0. The quantitative estimate of drug-likeness (QED) is 0.550. The molecule has 1 fully saturated rings. The number of ether oxygens (including phenoxy) is 2. The van der Waals surface area contributed by atoms with E-state index < -0.39 is 11.0 Å². The van der Waals surface area contributed by atoms with E-state index in [2.05, 4.69) is 5.32 Å². The molecule has 0 aliphatic carbocycles. The van der Waals surface area contributed by atoms with Crippen LogP contribution in [0, 0.1) is 10.1 Å². The number of nitrogens with zero attached hydrogens (tertiary/aromatic N) is 1. The highest BCUT2D eigenvalue weighted by molar-refractivity contribution is 5.95. The van der Waals surface area contributed by atoms with Gasteiger partial charge in [-0.1, -0.05) is 12.1 Å². The number of carbonyl (C=O) groups is 1. The topological polar surface area (TPSA) is 95.1 Å². The van der Waals surface area contributed by atoms with Gasteiger partial charge in [0.15, 0.2) is 6.04 Å².